The van der Waals surface area contributed by atoms with E-state index in [-0.39, 0.29) is 30.8 Å². The largest absolute Gasteiger partial charge is 0.483 e. The molecule has 0 heterocycles. The molecule has 1 atom stereocenters. The standard InChI is InChI=1S/C29H27FN2O3/c1-31-29(34)26(18-21-8-3-2-4-9-21)32(19-22-14-16-24(30)17-15-22)28(33)20-35-27-13-7-11-23-10-5-6-12-25(23)27/h2-17,26H,18-20H2,1H3,(H,31,34). The van der Waals surface area contributed by atoms with E-state index in [2.05, 4.69) is 5.32 Å². The number of rotatable bonds is 9. The first-order chi connectivity index (χ1) is 17.0. The molecule has 2 amide bonds. The number of carbonyl (C=O) groups is 2. The molecular formula is C29H27FN2O3. The molecule has 0 saturated carbocycles. The molecule has 0 aliphatic heterocycles. The SMILES string of the molecule is CNC(=O)C(Cc1ccccc1)N(Cc1ccc(F)cc1)C(=O)COc1cccc2ccccc12. The molecule has 4 aromatic rings. The van der Waals surface area contributed by atoms with Crippen LogP contribution in [0.4, 0.5) is 4.39 Å². The van der Waals surface area contributed by atoms with Crippen LogP contribution in [0.15, 0.2) is 97.1 Å². The predicted molar refractivity (Wildman–Crippen MR) is 134 cm³/mol. The summed E-state index contributed by atoms with van der Waals surface area (Å²) >= 11 is 0. The van der Waals surface area contributed by atoms with Crippen LogP contribution in [0.5, 0.6) is 5.75 Å². The summed E-state index contributed by atoms with van der Waals surface area (Å²) in [5.74, 6) is -0.392. The summed E-state index contributed by atoms with van der Waals surface area (Å²) < 4.78 is 19.4. The number of amides is 2. The molecular weight excluding hydrogens is 443 g/mol. The Morgan fingerprint density at radius 2 is 1.54 bits per heavy atom. The number of ether oxygens (including phenoxy) is 1. The number of benzene rings is 4. The van der Waals surface area contributed by atoms with Crippen molar-refractivity contribution in [2.45, 2.75) is 19.0 Å². The molecule has 4 aromatic carbocycles. The van der Waals surface area contributed by atoms with Gasteiger partial charge < -0.3 is 15.0 Å². The summed E-state index contributed by atoms with van der Waals surface area (Å²) in [5, 5.41) is 4.59. The van der Waals surface area contributed by atoms with E-state index in [0.717, 1.165) is 16.3 Å². The predicted octanol–water partition coefficient (Wildman–Crippen LogP) is 4.74. The fraction of sp³-hybridized carbons (Fsp3) is 0.172. The van der Waals surface area contributed by atoms with Crippen molar-refractivity contribution in [1.29, 1.82) is 0 Å². The van der Waals surface area contributed by atoms with Gasteiger partial charge in [0.25, 0.3) is 5.91 Å². The number of hydrogen-bond acceptors (Lipinski definition) is 3. The van der Waals surface area contributed by atoms with Crippen molar-refractivity contribution in [1.82, 2.24) is 10.2 Å². The zero-order chi connectivity index (χ0) is 24.6. The highest BCUT2D eigenvalue weighted by Gasteiger charge is 2.30. The lowest BCUT2D eigenvalue weighted by molar-refractivity contribution is -0.142. The van der Waals surface area contributed by atoms with E-state index < -0.39 is 6.04 Å². The van der Waals surface area contributed by atoms with Gasteiger partial charge in [0.15, 0.2) is 6.61 Å². The maximum absolute atomic E-state index is 13.5. The fourth-order valence-corrected chi connectivity index (χ4v) is 4.05. The van der Waals surface area contributed by atoms with Crippen LogP contribution in [-0.4, -0.2) is 36.4 Å². The summed E-state index contributed by atoms with van der Waals surface area (Å²) in [7, 11) is 1.55. The van der Waals surface area contributed by atoms with Crippen molar-refractivity contribution in [3.8, 4) is 5.75 Å². The second-order valence-electron chi connectivity index (χ2n) is 8.23. The minimum Gasteiger partial charge on any atom is -0.483 e. The molecule has 178 valence electrons. The molecule has 5 nitrogen and oxygen atoms in total. The van der Waals surface area contributed by atoms with Crippen LogP contribution in [0.25, 0.3) is 10.8 Å². The molecule has 0 spiro atoms. The van der Waals surface area contributed by atoms with Crippen molar-refractivity contribution in [2.75, 3.05) is 13.7 Å². The fourth-order valence-electron chi connectivity index (χ4n) is 4.05. The molecule has 1 unspecified atom stereocenters. The minimum atomic E-state index is -0.768. The van der Waals surface area contributed by atoms with Gasteiger partial charge in [-0.3, -0.25) is 9.59 Å². The Morgan fingerprint density at radius 1 is 0.857 bits per heavy atom. The van der Waals surface area contributed by atoms with Crippen molar-refractivity contribution in [3.05, 3.63) is 114 Å². The highest BCUT2D eigenvalue weighted by Crippen LogP contribution is 2.25. The van der Waals surface area contributed by atoms with E-state index in [9.17, 15) is 14.0 Å². The number of fused-ring (bicyclic) bond motifs is 1. The molecule has 0 aromatic heterocycles. The van der Waals surface area contributed by atoms with Gasteiger partial charge in [-0.1, -0.05) is 78.9 Å². The van der Waals surface area contributed by atoms with Gasteiger partial charge in [-0.25, -0.2) is 4.39 Å². The highest BCUT2D eigenvalue weighted by atomic mass is 19.1. The molecule has 6 heteroatoms. The quantitative estimate of drug-likeness (QED) is 0.384. The molecule has 0 aliphatic carbocycles. The van der Waals surface area contributed by atoms with E-state index in [0.29, 0.717) is 17.7 Å². The van der Waals surface area contributed by atoms with Gasteiger partial charge in [0, 0.05) is 25.4 Å². The minimum absolute atomic E-state index is 0.142. The van der Waals surface area contributed by atoms with Gasteiger partial charge in [-0.2, -0.15) is 0 Å². The monoisotopic (exact) mass is 470 g/mol. The first-order valence-electron chi connectivity index (χ1n) is 11.4. The van der Waals surface area contributed by atoms with E-state index in [1.54, 1.807) is 19.2 Å². The summed E-state index contributed by atoms with van der Waals surface area (Å²) in [6, 6.07) is 28.1. The molecule has 0 fully saturated rings. The van der Waals surface area contributed by atoms with Crippen LogP contribution >= 0.6 is 0 Å². The summed E-state index contributed by atoms with van der Waals surface area (Å²) in [6.45, 7) is -0.0968. The lowest BCUT2D eigenvalue weighted by atomic mass is 10.0. The Morgan fingerprint density at radius 3 is 2.29 bits per heavy atom. The number of halogens is 1. The molecule has 0 saturated heterocycles. The van der Waals surface area contributed by atoms with Gasteiger partial charge in [0.1, 0.15) is 17.6 Å². The smallest absolute Gasteiger partial charge is 0.261 e. The number of nitrogens with one attached hydrogen (secondary N) is 1. The summed E-state index contributed by atoms with van der Waals surface area (Å²) in [6.07, 6.45) is 0.335. The normalized spacial score (nSPS) is 11.6. The third-order valence-electron chi connectivity index (χ3n) is 5.88. The Balaban J connectivity index is 1.61. The maximum atomic E-state index is 13.5. The van der Waals surface area contributed by atoms with Crippen molar-refractivity contribution in [3.63, 3.8) is 0 Å². The number of likely N-dealkylation sites (N-methyl/N-ethyl adjacent to an activating group) is 1. The topological polar surface area (TPSA) is 58.6 Å². The Hall–Kier alpha value is -4.19. The van der Waals surface area contributed by atoms with E-state index in [4.69, 9.17) is 4.74 Å². The van der Waals surface area contributed by atoms with Crippen LogP contribution in [0.3, 0.4) is 0 Å². The van der Waals surface area contributed by atoms with Crippen LogP contribution < -0.4 is 10.1 Å². The first-order valence-corrected chi connectivity index (χ1v) is 11.4. The molecule has 0 radical (unpaired) electrons. The van der Waals surface area contributed by atoms with E-state index in [1.165, 1.54) is 17.0 Å². The average molecular weight is 471 g/mol. The Bertz CT molecular complexity index is 1290. The highest BCUT2D eigenvalue weighted by molar-refractivity contribution is 5.90. The van der Waals surface area contributed by atoms with Gasteiger partial charge in [0.2, 0.25) is 5.91 Å². The maximum Gasteiger partial charge on any atom is 0.261 e. The van der Waals surface area contributed by atoms with Gasteiger partial charge in [-0.15, -0.1) is 0 Å². The molecule has 0 bridgehead atoms. The molecule has 1 N–H and O–H groups in total. The Labute approximate surface area is 204 Å². The van der Waals surface area contributed by atoms with Crippen molar-refractivity contribution < 1.29 is 18.7 Å². The van der Waals surface area contributed by atoms with Gasteiger partial charge in [0.05, 0.1) is 0 Å². The molecule has 0 aliphatic rings. The number of carbonyl (C=O) groups excluding carboxylic acids is 2. The zero-order valence-electron chi connectivity index (χ0n) is 19.5. The van der Waals surface area contributed by atoms with Crippen LogP contribution in [0.1, 0.15) is 11.1 Å². The third kappa shape index (κ3) is 6.03. The van der Waals surface area contributed by atoms with E-state index >= 15 is 0 Å². The lowest BCUT2D eigenvalue weighted by Crippen LogP contribution is -2.51. The Kier molecular flexibility index (Phi) is 7.73. The lowest BCUT2D eigenvalue weighted by Gasteiger charge is -2.31. The second kappa shape index (κ2) is 11.3. The summed E-state index contributed by atoms with van der Waals surface area (Å²) in [4.78, 5) is 28.0. The van der Waals surface area contributed by atoms with Crippen molar-refractivity contribution >= 4 is 22.6 Å². The van der Waals surface area contributed by atoms with Gasteiger partial charge in [-0.05, 0) is 34.7 Å². The van der Waals surface area contributed by atoms with E-state index in [1.807, 2.05) is 72.8 Å². The first kappa shape index (κ1) is 24.0. The molecule has 35 heavy (non-hydrogen) atoms. The van der Waals surface area contributed by atoms with Crippen LogP contribution in [0, 0.1) is 5.82 Å². The average Bonchev–Trinajstić information content (AvgIpc) is 2.90. The van der Waals surface area contributed by atoms with Crippen molar-refractivity contribution in [2.24, 2.45) is 0 Å². The van der Waals surface area contributed by atoms with Crippen LogP contribution in [-0.2, 0) is 22.6 Å². The number of nitrogens with zero attached hydrogens (tertiary/aromatic N) is 1. The molecule has 4 rings (SSSR count). The third-order valence-corrected chi connectivity index (χ3v) is 5.88. The van der Waals surface area contributed by atoms with Crippen LogP contribution in [0.2, 0.25) is 0 Å². The summed E-state index contributed by atoms with van der Waals surface area (Å²) in [5.41, 5.74) is 1.64. The van der Waals surface area contributed by atoms with Gasteiger partial charge >= 0.3 is 0 Å². The zero-order valence-corrected chi connectivity index (χ0v) is 19.5. The second-order valence-corrected chi connectivity index (χ2v) is 8.23. The number of hydrogen-bond donors (Lipinski definition) is 1.